The molecule has 0 aromatic carbocycles. The summed E-state index contributed by atoms with van der Waals surface area (Å²) in [6.07, 6.45) is 2.16. The summed E-state index contributed by atoms with van der Waals surface area (Å²) in [5.41, 5.74) is 5.54. The van der Waals surface area contributed by atoms with Crippen LogP contribution in [0.2, 0.25) is 0 Å². The Kier molecular flexibility index (Phi) is 4.18. The van der Waals surface area contributed by atoms with Crippen LogP contribution in [0.15, 0.2) is 5.10 Å². The molecule has 1 rings (SSSR count). The Labute approximate surface area is 82.8 Å². The van der Waals surface area contributed by atoms with Gasteiger partial charge in [0.1, 0.15) is 6.34 Å². The Morgan fingerprint density at radius 3 is 2.79 bits per heavy atom. The summed E-state index contributed by atoms with van der Waals surface area (Å²) in [4.78, 5) is 10.1. The van der Waals surface area contributed by atoms with E-state index in [1.807, 2.05) is 5.01 Å². The Morgan fingerprint density at radius 1 is 1.64 bits per heavy atom. The SMILES string of the molecule is NCC1CCN(N=CNC(=O)O)CC1. The topological polar surface area (TPSA) is 91.0 Å². The van der Waals surface area contributed by atoms with Crippen LogP contribution in [0.4, 0.5) is 4.79 Å². The number of hydrogen-bond donors (Lipinski definition) is 3. The van der Waals surface area contributed by atoms with Crippen molar-refractivity contribution in [3.05, 3.63) is 0 Å². The molecule has 0 atom stereocenters. The predicted molar refractivity (Wildman–Crippen MR) is 53.0 cm³/mol. The lowest BCUT2D eigenvalue weighted by Gasteiger charge is -2.28. The van der Waals surface area contributed by atoms with Gasteiger partial charge in [-0.3, -0.25) is 10.3 Å². The van der Waals surface area contributed by atoms with E-state index in [4.69, 9.17) is 10.8 Å². The first-order valence-corrected chi connectivity index (χ1v) is 4.69. The molecular weight excluding hydrogens is 184 g/mol. The average Bonchev–Trinajstić information content (AvgIpc) is 2.18. The molecule has 4 N–H and O–H groups in total. The molecule has 0 spiro atoms. The van der Waals surface area contributed by atoms with Crippen molar-refractivity contribution in [1.82, 2.24) is 10.3 Å². The Balaban J connectivity index is 2.21. The Morgan fingerprint density at radius 2 is 2.29 bits per heavy atom. The molecule has 80 valence electrons. The largest absolute Gasteiger partial charge is 0.465 e. The van der Waals surface area contributed by atoms with E-state index in [2.05, 4.69) is 10.4 Å². The maximum atomic E-state index is 10.1. The number of nitrogens with zero attached hydrogens (tertiary/aromatic N) is 2. The number of hydrogen-bond acceptors (Lipinski definition) is 4. The van der Waals surface area contributed by atoms with E-state index in [-0.39, 0.29) is 0 Å². The molecule has 1 aliphatic rings. The Bertz CT molecular complexity index is 211. The first-order chi connectivity index (χ1) is 6.72. The molecule has 0 aromatic rings. The second-order valence-corrected chi connectivity index (χ2v) is 3.33. The molecule has 1 heterocycles. The van der Waals surface area contributed by atoms with E-state index in [0.29, 0.717) is 5.92 Å². The molecule has 0 radical (unpaired) electrons. The zero-order valence-corrected chi connectivity index (χ0v) is 8.02. The fourth-order valence-corrected chi connectivity index (χ4v) is 1.44. The molecule has 6 heteroatoms. The molecule has 0 unspecified atom stereocenters. The fraction of sp³-hybridized carbons (Fsp3) is 0.750. The van der Waals surface area contributed by atoms with Crippen molar-refractivity contribution in [3.8, 4) is 0 Å². The van der Waals surface area contributed by atoms with Gasteiger partial charge in [0.05, 0.1) is 0 Å². The van der Waals surface area contributed by atoms with Crippen molar-refractivity contribution in [2.45, 2.75) is 12.8 Å². The van der Waals surface area contributed by atoms with Crippen molar-refractivity contribution in [1.29, 1.82) is 0 Å². The van der Waals surface area contributed by atoms with Crippen LogP contribution >= 0.6 is 0 Å². The smallest absolute Gasteiger partial charge is 0.409 e. The second-order valence-electron chi connectivity index (χ2n) is 3.33. The zero-order chi connectivity index (χ0) is 10.4. The zero-order valence-electron chi connectivity index (χ0n) is 8.02. The minimum absolute atomic E-state index is 0.592. The highest BCUT2D eigenvalue weighted by Gasteiger charge is 2.15. The van der Waals surface area contributed by atoms with Crippen molar-refractivity contribution >= 4 is 12.4 Å². The van der Waals surface area contributed by atoms with Crippen LogP contribution in [-0.4, -0.2) is 42.2 Å². The number of amides is 1. The summed E-state index contributed by atoms with van der Waals surface area (Å²) in [6.45, 7) is 2.42. The van der Waals surface area contributed by atoms with Gasteiger partial charge in [0, 0.05) is 13.1 Å². The summed E-state index contributed by atoms with van der Waals surface area (Å²) in [5, 5.41) is 16.2. The normalized spacial score (nSPS) is 18.8. The number of rotatable bonds is 3. The highest BCUT2D eigenvalue weighted by molar-refractivity contribution is 5.80. The van der Waals surface area contributed by atoms with Crippen molar-refractivity contribution in [2.24, 2.45) is 16.8 Å². The molecule has 6 nitrogen and oxygen atoms in total. The van der Waals surface area contributed by atoms with Gasteiger partial charge in [-0.1, -0.05) is 0 Å². The average molecular weight is 200 g/mol. The van der Waals surface area contributed by atoms with Crippen molar-refractivity contribution in [3.63, 3.8) is 0 Å². The predicted octanol–water partition coefficient (Wildman–Crippen LogP) is -0.132. The van der Waals surface area contributed by atoms with E-state index in [1.54, 1.807) is 0 Å². The van der Waals surface area contributed by atoms with Gasteiger partial charge in [0.25, 0.3) is 0 Å². The van der Waals surface area contributed by atoms with Gasteiger partial charge < -0.3 is 10.8 Å². The summed E-state index contributed by atoms with van der Waals surface area (Å²) < 4.78 is 0. The monoisotopic (exact) mass is 200 g/mol. The molecule has 1 amide bonds. The summed E-state index contributed by atoms with van der Waals surface area (Å²) in [6, 6.07) is 0. The fourth-order valence-electron chi connectivity index (χ4n) is 1.44. The minimum Gasteiger partial charge on any atom is -0.465 e. The van der Waals surface area contributed by atoms with Crippen LogP contribution in [0.5, 0.6) is 0 Å². The van der Waals surface area contributed by atoms with Gasteiger partial charge in [-0.15, -0.1) is 0 Å². The van der Waals surface area contributed by atoms with Crippen molar-refractivity contribution < 1.29 is 9.90 Å². The number of carboxylic acid groups (broad SMARTS) is 1. The summed E-state index contributed by atoms with van der Waals surface area (Å²) >= 11 is 0. The first-order valence-electron chi connectivity index (χ1n) is 4.69. The number of hydrazone groups is 1. The second kappa shape index (κ2) is 5.43. The van der Waals surface area contributed by atoms with Gasteiger partial charge in [-0.05, 0) is 25.3 Å². The molecule has 0 bridgehead atoms. The molecule has 0 saturated carbocycles. The van der Waals surface area contributed by atoms with Crippen LogP contribution in [0.3, 0.4) is 0 Å². The molecule has 0 aliphatic carbocycles. The molecule has 1 aliphatic heterocycles. The lowest BCUT2D eigenvalue weighted by Crippen LogP contribution is -2.33. The summed E-state index contributed by atoms with van der Waals surface area (Å²) in [5.74, 6) is 0.592. The van der Waals surface area contributed by atoms with Gasteiger partial charge in [-0.25, -0.2) is 4.79 Å². The first kappa shape index (κ1) is 10.8. The lowest BCUT2D eigenvalue weighted by atomic mass is 9.98. The Hall–Kier alpha value is -1.30. The highest BCUT2D eigenvalue weighted by Crippen LogP contribution is 2.15. The van der Waals surface area contributed by atoms with E-state index in [0.717, 1.165) is 32.5 Å². The van der Waals surface area contributed by atoms with Crippen LogP contribution in [-0.2, 0) is 0 Å². The van der Waals surface area contributed by atoms with E-state index >= 15 is 0 Å². The highest BCUT2D eigenvalue weighted by atomic mass is 16.4. The van der Waals surface area contributed by atoms with E-state index in [9.17, 15) is 4.79 Å². The standard InChI is InChI=1S/C8H16N4O2/c9-5-7-1-3-12(4-2-7)11-6-10-8(13)14/h6-7H,1-5,9H2,(H,10,11)(H,13,14). The third-order valence-corrected chi connectivity index (χ3v) is 2.33. The summed E-state index contributed by atoms with van der Waals surface area (Å²) in [7, 11) is 0. The molecule has 1 fully saturated rings. The van der Waals surface area contributed by atoms with Crippen LogP contribution < -0.4 is 11.1 Å². The molecule has 14 heavy (non-hydrogen) atoms. The van der Waals surface area contributed by atoms with E-state index in [1.165, 1.54) is 6.34 Å². The number of piperidine rings is 1. The van der Waals surface area contributed by atoms with Crippen LogP contribution in [0.25, 0.3) is 0 Å². The third-order valence-electron chi connectivity index (χ3n) is 2.33. The maximum Gasteiger partial charge on any atom is 0.409 e. The van der Waals surface area contributed by atoms with Crippen molar-refractivity contribution in [2.75, 3.05) is 19.6 Å². The number of nitrogens with one attached hydrogen (secondary N) is 1. The minimum atomic E-state index is -1.09. The van der Waals surface area contributed by atoms with Crippen LogP contribution in [0.1, 0.15) is 12.8 Å². The lowest BCUT2D eigenvalue weighted by molar-refractivity contribution is 0.192. The van der Waals surface area contributed by atoms with Gasteiger partial charge in [0.15, 0.2) is 0 Å². The molecule has 0 aromatic heterocycles. The third kappa shape index (κ3) is 3.61. The molecule has 1 saturated heterocycles. The van der Waals surface area contributed by atoms with Gasteiger partial charge in [-0.2, -0.15) is 5.10 Å². The maximum absolute atomic E-state index is 10.1. The van der Waals surface area contributed by atoms with E-state index < -0.39 is 6.09 Å². The number of carbonyl (C=O) groups is 1. The van der Waals surface area contributed by atoms with Gasteiger partial charge >= 0.3 is 6.09 Å². The molecular formula is C8H16N4O2. The quantitative estimate of drug-likeness (QED) is 0.437. The number of nitrogens with two attached hydrogens (primary N) is 1. The van der Waals surface area contributed by atoms with Gasteiger partial charge in [0.2, 0.25) is 0 Å². The van der Waals surface area contributed by atoms with Crippen LogP contribution in [0, 0.1) is 5.92 Å².